The highest BCUT2D eigenvalue weighted by molar-refractivity contribution is 5.97. The van der Waals surface area contributed by atoms with Gasteiger partial charge in [-0.25, -0.2) is 0 Å². The van der Waals surface area contributed by atoms with Crippen LogP contribution in [0.1, 0.15) is 17.2 Å². The molecule has 3 aromatic rings. The first-order chi connectivity index (χ1) is 17.0. The summed E-state index contributed by atoms with van der Waals surface area (Å²) in [4.78, 5) is 30.1. The molecule has 0 bridgehead atoms. The molecule has 0 unspecified atom stereocenters. The number of aryl methyl sites for hydroxylation is 1. The number of ether oxygens (including phenoxy) is 1. The number of nitrogens with one attached hydrogen (secondary N) is 2. The molecule has 182 valence electrons. The predicted octanol–water partition coefficient (Wildman–Crippen LogP) is 4.08. The number of carbonyl (C=O) groups excluding carboxylic acids is 2. The van der Waals surface area contributed by atoms with Crippen molar-refractivity contribution in [1.29, 1.82) is 0 Å². The molecule has 4 rings (SSSR count). The number of amides is 2. The fraction of sp³-hybridized carbons (Fsp3) is 0.286. The molecule has 0 aromatic heterocycles. The van der Waals surface area contributed by atoms with E-state index in [2.05, 4.69) is 15.5 Å². The van der Waals surface area contributed by atoms with Crippen molar-refractivity contribution in [1.82, 2.24) is 4.90 Å². The molecule has 3 aromatic carbocycles. The van der Waals surface area contributed by atoms with Crippen LogP contribution in [0.2, 0.25) is 0 Å². The second-order valence-corrected chi connectivity index (χ2v) is 8.78. The predicted molar refractivity (Wildman–Crippen MR) is 140 cm³/mol. The molecule has 2 N–H and O–H groups in total. The van der Waals surface area contributed by atoms with Crippen LogP contribution in [0.4, 0.5) is 17.1 Å². The SMILES string of the molecule is Cc1ccc(NC(=O)[C@H](c2ccccc2)N(C)CC(=O)Nc2ccc(N3CCOCC3)cc2)cc1. The van der Waals surface area contributed by atoms with Gasteiger partial charge in [-0.15, -0.1) is 0 Å². The molecule has 0 aliphatic carbocycles. The quantitative estimate of drug-likeness (QED) is 0.517. The van der Waals surface area contributed by atoms with Crippen molar-refractivity contribution in [3.63, 3.8) is 0 Å². The van der Waals surface area contributed by atoms with Gasteiger partial charge in [0.2, 0.25) is 11.8 Å². The first kappa shape index (κ1) is 24.4. The topological polar surface area (TPSA) is 73.9 Å². The number of rotatable bonds is 8. The molecule has 1 atom stereocenters. The van der Waals surface area contributed by atoms with Crippen LogP contribution in [0, 0.1) is 6.92 Å². The van der Waals surface area contributed by atoms with Crippen LogP contribution in [0.25, 0.3) is 0 Å². The Labute approximate surface area is 206 Å². The van der Waals surface area contributed by atoms with E-state index in [0.29, 0.717) is 0 Å². The zero-order valence-corrected chi connectivity index (χ0v) is 20.2. The van der Waals surface area contributed by atoms with E-state index in [1.54, 1.807) is 11.9 Å². The highest BCUT2D eigenvalue weighted by Gasteiger charge is 2.27. The van der Waals surface area contributed by atoms with Gasteiger partial charge in [-0.05, 0) is 55.9 Å². The molecular weight excluding hydrogens is 440 g/mol. The van der Waals surface area contributed by atoms with Crippen LogP contribution in [-0.2, 0) is 14.3 Å². The number of hydrogen-bond donors (Lipinski definition) is 2. The molecule has 1 aliphatic rings. The summed E-state index contributed by atoms with van der Waals surface area (Å²) in [5.74, 6) is -0.374. The number of benzene rings is 3. The van der Waals surface area contributed by atoms with Gasteiger partial charge >= 0.3 is 0 Å². The summed E-state index contributed by atoms with van der Waals surface area (Å²) in [5.41, 5.74) is 4.50. The third-order valence-corrected chi connectivity index (χ3v) is 6.04. The minimum atomic E-state index is -0.619. The Morgan fingerprint density at radius 2 is 1.49 bits per heavy atom. The number of hydrogen-bond acceptors (Lipinski definition) is 5. The fourth-order valence-corrected chi connectivity index (χ4v) is 4.18. The third-order valence-electron chi connectivity index (χ3n) is 6.04. The lowest BCUT2D eigenvalue weighted by atomic mass is 10.0. The normalized spacial score (nSPS) is 14.4. The van der Waals surface area contributed by atoms with Crippen LogP contribution >= 0.6 is 0 Å². The summed E-state index contributed by atoms with van der Waals surface area (Å²) >= 11 is 0. The standard InChI is InChI=1S/C28H32N4O3/c1-21-8-10-24(11-9-21)30-28(34)27(22-6-4-3-5-7-22)31(2)20-26(33)29-23-12-14-25(15-13-23)32-16-18-35-19-17-32/h3-15,27H,16-20H2,1-2H3,(H,29,33)(H,30,34)/t27-/m0/s1. The van der Waals surface area contributed by atoms with Crippen molar-refractivity contribution in [3.8, 4) is 0 Å². The third kappa shape index (κ3) is 6.68. The van der Waals surface area contributed by atoms with E-state index in [1.165, 1.54) is 0 Å². The van der Waals surface area contributed by atoms with E-state index < -0.39 is 6.04 Å². The van der Waals surface area contributed by atoms with Crippen LogP contribution in [-0.4, -0.2) is 56.6 Å². The highest BCUT2D eigenvalue weighted by atomic mass is 16.5. The summed E-state index contributed by atoms with van der Waals surface area (Å²) < 4.78 is 5.41. The Morgan fingerprint density at radius 1 is 0.886 bits per heavy atom. The smallest absolute Gasteiger partial charge is 0.246 e. The Kier molecular flexibility index (Phi) is 8.13. The molecule has 1 aliphatic heterocycles. The second-order valence-electron chi connectivity index (χ2n) is 8.78. The van der Waals surface area contributed by atoms with Gasteiger partial charge in [0.25, 0.3) is 0 Å². The van der Waals surface area contributed by atoms with Crippen molar-refractivity contribution in [3.05, 3.63) is 90.0 Å². The molecule has 35 heavy (non-hydrogen) atoms. The number of anilines is 3. The molecule has 1 heterocycles. The first-order valence-corrected chi connectivity index (χ1v) is 11.8. The second kappa shape index (κ2) is 11.6. The lowest BCUT2D eigenvalue weighted by molar-refractivity contribution is -0.123. The van der Waals surface area contributed by atoms with E-state index in [9.17, 15) is 9.59 Å². The number of morpholine rings is 1. The zero-order valence-electron chi connectivity index (χ0n) is 20.2. The molecule has 7 heteroatoms. The van der Waals surface area contributed by atoms with Gasteiger partial charge in [-0.2, -0.15) is 0 Å². The average Bonchev–Trinajstić information content (AvgIpc) is 2.87. The van der Waals surface area contributed by atoms with Gasteiger partial charge in [0, 0.05) is 30.2 Å². The summed E-state index contributed by atoms with van der Waals surface area (Å²) in [6.45, 7) is 5.24. The lowest BCUT2D eigenvalue weighted by Gasteiger charge is -2.29. The van der Waals surface area contributed by atoms with Crippen LogP contribution < -0.4 is 15.5 Å². The molecule has 2 amide bonds. The Hall–Kier alpha value is -3.68. The van der Waals surface area contributed by atoms with Gasteiger partial charge in [0.15, 0.2) is 0 Å². The Morgan fingerprint density at radius 3 is 2.14 bits per heavy atom. The molecule has 1 fully saturated rings. The number of likely N-dealkylation sites (N-methyl/N-ethyl adjacent to an activating group) is 1. The maximum absolute atomic E-state index is 13.3. The van der Waals surface area contributed by atoms with Crippen molar-refractivity contribution in [2.45, 2.75) is 13.0 Å². The Balaban J connectivity index is 1.41. The van der Waals surface area contributed by atoms with Crippen LogP contribution in [0.15, 0.2) is 78.9 Å². The largest absolute Gasteiger partial charge is 0.378 e. The van der Waals surface area contributed by atoms with Gasteiger partial charge in [-0.1, -0.05) is 48.0 Å². The maximum Gasteiger partial charge on any atom is 0.246 e. The van der Waals surface area contributed by atoms with E-state index in [1.807, 2.05) is 85.8 Å². The highest BCUT2D eigenvalue weighted by Crippen LogP contribution is 2.23. The fourth-order valence-electron chi connectivity index (χ4n) is 4.18. The minimum absolute atomic E-state index is 0.0616. The molecule has 1 saturated heterocycles. The van der Waals surface area contributed by atoms with Gasteiger partial charge in [0.1, 0.15) is 6.04 Å². The zero-order chi connectivity index (χ0) is 24.6. The van der Waals surface area contributed by atoms with E-state index in [-0.39, 0.29) is 18.4 Å². The van der Waals surface area contributed by atoms with Crippen LogP contribution in [0.3, 0.4) is 0 Å². The molecular formula is C28H32N4O3. The summed E-state index contributed by atoms with van der Waals surface area (Å²) in [5, 5.41) is 5.93. The van der Waals surface area contributed by atoms with Gasteiger partial charge < -0.3 is 20.3 Å². The first-order valence-electron chi connectivity index (χ1n) is 11.8. The van der Waals surface area contributed by atoms with E-state index in [4.69, 9.17) is 4.74 Å². The summed E-state index contributed by atoms with van der Waals surface area (Å²) in [7, 11) is 1.79. The van der Waals surface area contributed by atoms with Crippen molar-refractivity contribution < 1.29 is 14.3 Å². The molecule has 0 radical (unpaired) electrons. The number of carbonyl (C=O) groups is 2. The van der Waals surface area contributed by atoms with Crippen molar-refractivity contribution >= 4 is 28.9 Å². The molecule has 7 nitrogen and oxygen atoms in total. The number of nitrogens with zero attached hydrogens (tertiary/aromatic N) is 2. The maximum atomic E-state index is 13.3. The molecule has 0 saturated carbocycles. The molecule has 0 spiro atoms. The van der Waals surface area contributed by atoms with Crippen molar-refractivity contribution in [2.75, 3.05) is 55.4 Å². The lowest BCUT2D eigenvalue weighted by Crippen LogP contribution is -2.39. The average molecular weight is 473 g/mol. The van der Waals surface area contributed by atoms with Gasteiger partial charge in [-0.3, -0.25) is 14.5 Å². The Bertz CT molecular complexity index is 1110. The van der Waals surface area contributed by atoms with E-state index in [0.717, 1.165) is 54.5 Å². The van der Waals surface area contributed by atoms with E-state index >= 15 is 0 Å². The van der Waals surface area contributed by atoms with Crippen molar-refractivity contribution in [2.24, 2.45) is 0 Å². The minimum Gasteiger partial charge on any atom is -0.378 e. The van der Waals surface area contributed by atoms with Crippen LogP contribution in [0.5, 0.6) is 0 Å². The monoisotopic (exact) mass is 472 g/mol. The summed E-state index contributed by atoms with van der Waals surface area (Å²) in [6, 6.07) is 24.4. The summed E-state index contributed by atoms with van der Waals surface area (Å²) in [6.07, 6.45) is 0. The van der Waals surface area contributed by atoms with Gasteiger partial charge in [0.05, 0.1) is 19.8 Å².